The lowest BCUT2D eigenvalue weighted by Gasteiger charge is -2.33. The van der Waals surface area contributed by atoms with Crippen molar-refractivity contribution < 1.29 is 4.74 Å². The van der Waals surface area contributed by atoms with Crippen LogP contribution in [0, 0.1) is 0 Å². The van der Waals surface area contributed by atoms with Gasteiger partial charge in [0.15, 0.2) is 0 Å². The first kappa shape index (κ1) is 11.9. The average Bonchev–Trinajstić information content (AvgIpc) is 2.28. The zero-order chi connectivity index (χ0) is 12.5. The third-order valence-corrected chi connectivity index (χ3v) is 2.97. The molecule has 0 aromatic heterocycles. The Morgan fingerprint density at radius 2 is 1.82 bits per heavy atom. The van der Waals surface area contributed by atoms with Gasteiger partial charge >= 0.3 is 0 Å². The molecule has 0 saturated carbocycles. The predicted molar refractivity (Wildman–Crippen MR) is 73.9 cm³/mol. The Morgan fingerprint density at radius 3 is 2.35 bits per heavy atom. The standard InChI is InChI=1S/C13H16N2OS/c1-13(2)14-8-11(12(17)15-13)9-4-6-10(16-3)7-5-9/h4-8,14H,1-3H3,(H,15,17). The second-order valence-electron chi connectivity index (χ2n) is 4.51. The molecule has 1 aliphatic heterocycles. The fraction of sp³-hybridized carbons (Fsp3) is 0.308. The van der Waals surface area contributed by atoms with Crippen molar-refractivity contribution in [3.8, 4) is 5.75 Å². The largest absolute Gasteiger partial charge is 0.497 e. The Hall–Kier alpha value is -1.55. The molecule has 1 aliphatic rings. The second-order valence-corrected chi connectivity index (χ2v) is 4.92. The summed E-state index contributed by atoms with van der Waals surface area (Å²) in [4.78, 5) is 0.763. The molecule has 0 fully saturated rings. The maximum atomic E-state index is 5.37. The van der Waals surface area contributed by atoms with Gasteiger partial charge in [0.2, 0.25) is 0 Å². The van der Waals surface area contributed by atoms with E-state index < -0.39 is 0 Å². The highest BCUT2D eigenvalue weighted by atomic mass is 32.1. The summed E-state index contributed by atoms with van der Waals surface area (Å²) in [6.45, 7) is 4.08. The monoisotopic (exact) mass is 248 g/mol. The number of hydrogen-bond acceptors (Lipinski definition) is 3. The smallest absolute Gasteiger partial charge is 0.118 e. The van der Waals surface area contributed by atoms with Crippen LogP contribution in [0.4, 0.5) is 0 Å². The van der Waals surface area contributed by atoms with E-state index in [0.717, 1.165) is 21.9 Å². The van der Waals surface area contributed by atoms with Gasteiger partial charge in [-0.2, -0.15) is 0 Å². The number of thiocarbonyl (C=S) groups is 1. The highest BCUT2D eigenvalue weighted by Gasteiger charge is 2.23. The third-order valence-electron chi connectivity index (χ3n) is 2.65. The molecule has 1 aromatic carbocycles. The van der Waals surface area contributed by atoms with E-state index in [0.29, 0.717) is 0 Å². The summed E-state index contributed by atoms with van der Waals surface area (Å²) in [7, 11) is 1.66. The Labute approximate surface area is 107 Å². The first-order valence-corrected chi connectivity index (χ1v) is 5.87. The third kappa shape index (κ3) is 2.58. The summed E-state index contributed by atoms with van der Waals surface area (Å²) in [5.74, 6) is 0.845. The molecule has 0 atom stereocenters. The summed E-state index contributed by atoms with van der Waals surface area (Å²) in [5.41, 5.74) is 1.89. The highest BCUT2D eigenvalue weighted by Crippen LogP contribution is 2.22. The molecular formula is C13H16N2OS. The Kier molecular flexibility index (Phi) is 3.07. The number of benzene rings is 1. The highest BCUT2D eigenvalue weighted by molar-refractivity contribution is 7.81. The van der Waals surface area contributed by atoms with Crippen LogP contribution in [0.1, 0.15) is 19.4 Å². The summed E-state index contributed by atoms with van der Waals surface area (Å²) < 4.78 is 5.13. The molecule has 0 spiro atoms. The first-order chi connectivity index (χ1) is 8.02. The van der Waals surface area contributed by atoms with E-state index in [1.54, 1.807) is 7.11 Å². The lowest BCUT2D eigenvalue weighted by atomic mass is 10.0. The number of rotatable bonds is 2. The number of ether oxygens (including phenoxy) is 1. The quantitative estimate of drug-likeness (QED) is 0.787. The molecule has 0 radical (unpaired) electrons. The van der Waals surface area contributed by atoms with E-state index in [2.05, 4.69) is 10.6 Å². The van der Waals surface area contributed by atoms with Gasteiger partial charge in [-0.05, 0) is 31.5 Å². The number of methoxy groups -OCH3 is 1. The van der Waals surface area contributed by atoms with Crippen molar-refractivity contribution in [2.75, 3.05) is 7.11 Å². The van der Waals surface area contributed by atoms with Crippen LogP contribution in [0.15, 0.2) is 30.5 Å². The summed E-state index contributed by atoms with van der Waals surface area (Å²) in [5, 5.41) is 6.53. The van der Waals surface area contributed by atoms with E-state index in [9.17, 15) is 0 Å². The minimum absolute atomic E-state index is 0.187. The number of nitrogens with one attached hydrogen (secondary N) is 2. The SMILES string of the molecule is COc1ccc(C2=CNC(C)(C)NC2=S)cc1. The molecule has 0 saturated heterocycles. The molecule has 1 aromatic rings. The molecule has 17 heavy (non-hydrogen) atoms. The predicted octanol–water partition coefficient (Wildman–Crippen LogP) is 2.29. The van der Waals surface area contributed by atoms with Gasteiger partial charge in [0, 0.05) is 11.8 Å². The molecule has 0 bridgehead atoms. The van der Waals surface area contributed by atoms with E-state index in [-0.39, 0.29) is 5.66 Å². The van der Waals surface area contributed by atoms with Crippen LogP contribution >= 0.6 is 12.2 Å². The maximum Gasteiger partial charge on any atom is 0.118 e. The summed E-state index contributed by atoms with van der Waals surface area (Å²) in [6, 6.07) is 7.86. The van der Waals surface area contributed by atoms with Crippen LogP contribution < -0.4 is 15.4 Å². The molecule has 1 heterocycles. The van der Waals surface area contributed by atoms with Gasteiger partial charge in [-0.1, -0.05) is 24.4 Å². The Morgan fingerprint density at radius 1 is 1.18 bits per heavy atom. The topological polar surface area (TPSA) is 33.3 Å². The van der Waals surface area contributed by atoms with Crippen LogP contribution in [-0.2, 0) is 0 Å². The lowest BCUT2D eigenvalue weighted by Crippen LogP contribution is -2.55. The molecule has 3 nitrogen and oxygen atoms in total. The molecule has 4 heteroatoms. The van der Waals surface area contributed by atoms with E-state index in [4.69, 9.17) is 17.0 Å². The van der Waals surface area contributed by atoms with Crippen molar-refractivity contribution in [1.82, 2.24) is 10.6 Å². The van der Waals surface area contributed by atoms with Gasteiger partial charge in [0.05, 0.1) is 7.11 Å². The maximum absolute atomic E-state index is 5.37. The molecule has 0 amide bonds. The van der Waals surface area contributed by atoms with Gasteiger partial charge in [-0.15, -0.1) is 0 Å². The molecule has 2 rings (SSSR count). The van der Waals surface area contributed by atoms with Gasteiger partial charge in [0.1, 0.15) is 16.4 Å². The normalized spacial score (nSPS) is 17.8. The van der Waals surface area contributed by atoms with Gasteiger partial charge < -0.3 is 15.4 Å². The Balaban J connectivity index is 2.28. The van der Waals surface area contributed by atoms with Crippen LogP contribution in [-0.4, -0.2) is 17.8 Å². The molecule has 0 aliphatic carbocycles. The van der Waals surface area contributed by atoms with Gasteiger partial charge in [-0.25, -0.2) is 0 Å². The van der Waals surface area contributed by atoms with Crippen molar-refractivity contribution in [2.45, 2.75) is 19.5 Å². The van der Waals surface area contributed by atoms with Crippen LogP contribution in [0.3, 0.4) is 0 Å². The minimum Gasteiger partial charge on any atom is -0.497 e. The second kappa shape index (κ2) is 4.37. The van der Waals surface area contributed by atoms with Crippen molar-refractivity contribution >= 4 is 22.8 Å². The average molecular weight is 248 g/mol. The number of hydrogen-bond donors (Lipinski definition) is 2. The first-order valence-electron chi connectivity index (χ1n) is 5.47. The van der Waals surface area contributed by atoms with Gasteiger partial charge in [0.25, 0.3) is 0 Å². The summed E-state index contributed by atoms with van der Waals surface area (Å²) >= 11 is 5.37. The minimum atomic E-state index is -0.187. The van der Waals surface area contributed by atoms with Crippen molar-refractivity contribution in [2.24, 2.45) is 0 Å². The van der Waals surface area contributed by atoms with E-state index >= 15 is 0 Å². The summed E-state index contributed by atoms with van der Waals surface area (Å²) in [6.07, 6.45) is 1.96. The molecule has 90 valence electrons. The van der Waals surface area contributed by atoms with E-state index in [1.807, 2.05) is 44.3 Å². The lowest BCUT2D eigenvalue weighted by molar-refractivity contribution is 0.409. The van der Waals surface area contributed by atoms with Crippen molar-refractivity contribution in [1.29, 1.82) is 0 Å². The fourth-order valence-corrected chi connectivity index (χ4v) is 2.12. The molecule has 0 unspecified atom stereocenters. The molecular weight excluding hydrogens is 232 g/mol. The fourth-order valence-electron chi connectivity index (χ4n) is 1.69. The van der Waals surface area contributed by atoms with Gasteiger partial charge in [-0.3, -0.25) is 0 Å². The van der Waals surface area contributed by atoms with Crippen molar-refractivity contribution in [3.05, 3.63) is 36.0 Å². The zero-order valence-electron chi connectivity index (χ0n) is 10.2. The van der Waals surface area contributed by atoms with Crippen molar-refractivity contribution in [3.63, 3.8) is 0 Å². The van der Waals surface area contributed by atoms with Crippen LogP contribution in [0.2, 0.25) is 0 Å². The molecule has 2 N–H and O–H groups in total. The van der Waals surface area contributed by atoms with Crippen LogP contribution in [0.25, 0.3) is 5.57 Å². The van der Waals surface area contributed by atoms with E-state index in [1.165, 1.54) is 0 Å². The zero-order valence-corrected chi connectivity index (χ0v) is 11.0. The van der Waals surface area contributed by atoms with Crippen LogP contribution in [0.5, 0.6) is 5.75 Å². The Bertz CT molecular complexity index is 463.